The number of hydrogen-bond acceptors (Lipinski definition) is 6. The van der Waals surface area contributed by atoms with E-state index in [2.05, 4.69) is 33.5 Å². The third-order valence-electron chi connectivity index (χ3n) is 6.36. The van der Waals surface area contributed by atoms with Gasteiger partial charge in [-0.05, 0) is 49.7 Å². The van der Waals surface area contributed by atoms with Gasteiger partial charge in [-0.1, -0.05) is 42.5 Å². The Kier molecular flexibility index (Phi) is 6.92. The Morgan fingerprint density at radius 1 is 1.24 bits per heavy atom. The van der Waals surface area contributed by atoms with Gasteiger partial charge in [0.25, 0.3) is 5.56 Å². The maximum Gasteiger partial charge on any atom is 0.332 e. The Labute approximate surface area is 202 Å². The van der Waals surface area contributed by atoms with Gasteiger partial charge in [-0.15, -0.1) is 0 Å². The highest BCUT2D eigenvalue weighted by molar-refractivity contribution is 7.19. The van der Waals surface area contributed by atoms with Gasteiger partial charge in [0.15, 0.2) is 5.13 Å². The van der Waals surface area contributed by atoms with Gasteiger partial charge in [0.1, 0.15) is 5.82 Å². The lowest BCUT2D eigenvalue weighted by Gasteiger charge is -2.13. The average Bonchev–Trinajstić information content (AvgIpc) is 3.26. The largest absolute Gasteiger partial charge is 0.332 e. The quantitative estimate of drug-likeness (QED) is 0.522. The summed E-state index contributed by atoms with van der Waals surface area (Å²) in [5.41, 5.74) is 3.24. The molecule has 2 heterocycles. The molecule has 1 atom stereocenters. The van der Waals surface area contributed by atoms with Gasteiger partial charge in [0, 0.05) is 26.7 Å². The SMILES string of the molecule is CCC(C=Nc1c(C)c(=O)n(C)c(=O)n1C)CCC(=O)Nc1nc2c(s1)-c1ccccc1CC2. The van der Waals surface area contributed by atoms with E-state index >= 15 is 0 Å². The van der Waals surface area contributed by atoms with Crippen molar-refractivity contribution in [1.82, 2.24) is 14.1 Å². The predicted octanol–water partition coefficient (Wildman–Crippen LogP) is 3.76. The number of carbonyl (C=O) groups excluding carboxylic acids is 1. The van der Waals surface area contributed by atoms with Crippen molar-refractivity contribution in [2.75, 3.05) is 5.32 Å². The third kappa shape index (κ3) is 4.65. The number of aromatic nitrogens is 3. The van der Waals surface area contributed by atoms with Crippen LogP contribution in [0, 0.1) is 12.8 Å². The van der Waals surface area contributed by atoms with Gasteiger partial charge in [-0.25, -0.2) is 14.8 Å². The third-order valence-corrected chi connectivity index (χ3v) is 7.41. The number of nitrogens with zero attached hydrogens (tertiary/aromatic N) is 4. The van der Waals surface area contributed by atoms with Crippen molar-refractivity contribution in [2.45, 2.75) is 46.0 Å². The highest BCUT2D eigenvalue weighted by Crippen LogP contribution is 2.39. The first-order chi connectivity index (χ1) is 16.3. The molecule has 3 aromatic rings. The minimum absolute atomic E-state index is 0.0423. The summed E-state index contributed by atoms with van der Waals surface area (Å²) in [5, 5.41) is 3.60. The second-order valence-electron chi connectivity index (χ2n) is 8.64. The number of anilines is 1. The van der Waals surface area contributed by atoms with Crippen LogP contribution in [0.3, 0.4) is 0 Å². The molecule has 0 aliphatic heterocycles. The molecule has 178 valence electrons. The van der Waals surface area contributed by atoms with Gasteiger partial charge >= 0.3 is 5.69 Å². The van der Waals surface area contributed by atoms with Crippen LogP contribution < -0.4 is 16.6 Å². The lowest BCUT2D eigenvalue weighted by Crippen LogP contribution is -2.38. The lowest BCUT2D eigenvalue weighted by molar-refractivity contribution is -0.116. The van der Waals surface area contributed by atoms with Gasteiger partial charge < -0.3 is 5.32 Å². The zero-order valence-electron chi connectivity index (χ0n) is 19.9. The number of benzene rings is 1. The van der Waals surface area contributed by atoms with Crippen LogP contribution in [-0.2, 0) is 31.7 Å². The number of fused-ring (bicyclic) bond motifs is 3. The van der Waals surface area contributed by atoms with Crippen molar-refractivity contribution in [3.8, 4) is 10.4 Å². The number of amides is 1. The molecule has 1 unspecified atom stereocenters. The second kappa shape index (κ2) is 9.89. The first kappa shape index (κ1) is 23.8. The van der Waals surface area contributed by atoms with Crippen LogP contribution in [0.5, 0.6) is 0 Å². The maximum absolute atomic E-state index is 12.6. The molecule has 34 heavy (non-hydrogen) atoms. The Morgan fingerprint density at radius 2 is 2.00 bits per heavy atom. The monoisotopic (exact) mass is 479 g/mol. The zero-order valence-corrected chi connectivity index (χ0v) is 20.7. The molecule has 0 bridgehead atoms. The molecule has 1 aromatic carbocycles. The number of carbonyl (C=O) groups is 1. The van der Waals surface area contributed by atoms with Crippen LogP contribution in [0.4, 0.5) is 10.9 Å². The summed E-state index contributed by atoms with van der Waals surface area (Å²) in [6.45, 7) is 3.69. The number of aryl methyl sites for hydroxylation is 2. The molecule has 0 saturated heterocycles. The molecule has 0 spiro atoms. The Bertz CT molecular complexity index is 1340. The van der Waals surface area contributed by atoms with Gasteiger partial charge in [0.2, 0.25) is 5.91 Å². The van der Waals surface area contributed by atoms with E-state index in [1.165, 1.54) is 34.1 Å². The average molecular weight is 480 g/mol. The van der Waals surface area contributed by atoms with Gasteiger partial charge in [0.05, 0.1) is 16.1 Å². The van der Waals surface area contributed by atoms with Crippen LogP contribution in [-0.4, -0.2) is 26.2 Å². The van der Waals surface area contributed by atoms with E-state index in [1.807, 2.05) is 13.0 Å². The standard InChI is InChI=1S/C25H29N5O3S/c1-5-16(14-26-22-15(2)23(32)30(4)25(33)29(22)3)10-13-20(31)28-24-27-19-12-11-17-8-6-7-9-18(17)21(19)34-24/h6-9,14,16H,5,10-13H2,1-4H3,(H,27,28,31). The fourth-order valence-corrected chi connectivity index (χ4v) is 5.33. The molecule has 8 nitrogen and oxygen atoms in total. The van der Waals surface area contributed by atoms with E-state index in [4.69, 9.17) is 0 Å². The fraction of sp³-hybridized carbons (Fsp3) is 0.400. The fourth-order valence-electron chi connectivity index (χ4n) is 4.24. The van der Waals surface area contributed by atoms with Crippen LogP contribution >= 0.6 is 11.3 Å². The van der Waals surface area contributed by atoms with Crippen LogP contribution in [0.25, 0.3) is 10.4 Å². The molecule has 0 saturated carbocycles. The van der Waals surface area contributed by atoms with E-state index in [1.54, 1.807) is 20.2 Å². The molecule has 4 rings (SSSR count). The summed E-state index contributed by atoms with van der Waals surface area (Å²) in [6.07, 6.45) is 5.33. The smallest absolute Gasteiger partial charge is 0.302 e. The number of thiazole rings is 1. The van der Waals surface area contributed by atoms with Crippen molar-refractivity contribution < 1.29 is 4.79 Å². The first-order valence-corrected chi connectivity index (χ1v) is 12.3. The first-order valence-electron chi connectivity index (χ1n) is 11.5. The van der Waals surface area contributed by atoms with Crippen molar-refractivity contribution in [3.05, 3.63) is 61.9 Å². The molecule has 1 N–H and O–H groups in total. The molecular formula is C25H29N5O3S. The topological polar surface area (TPSA) is 98.4 Å². The predicted molar refractivity (Wildman–Crippen MR) is 136 cm³/mol. The number of hydrogen-bond donors (Lipinski definition) is 1. The van der Waals surface area contributed by atoms with E-state index in [0.29, 0.717) is 29.4 Å². The number of nitrogens with one attached hydrogen (secondary N) is 1. The van der Waals surface area contributed by atoms with Crippen LogP contribution in [0.2, 0.25) is 0 Å². The highest BCUT2D eigenvalue weighted by atomic mass is 32.1. The minimum Gasteiger partial charge on any atom is -0.302 e. The Hall–Kier alpha value is -3.33. The molecule has 9 heteroatoms. The molecule has 1 aliphatic carbocycles. The van der Waals surface area contributed by atoms with Crippen LogP contribution in [0.1, 0.15) is 43.0 Å². The van der Waals surface area contributed by atoms with E-state index in [-0.39, 0.29) is 17.4 Å². The van der Waals surface area contributed by atoms with Crippen LogP contribution in [0.15, 0.2) is 38.8 Å². The van der Waals surface area contributed by atoms with Gasteiger partial charge in [-0.2, -0.15) is 0 Å². The lowest BCUT2D eigenvalue weighted by atomic mass is 9.94. The molecule has 1 aliphatic rings. The normalized spacial score (nSPS) is 13.5. The van der Waals surface area contributed by atoms with Crippen molar-refractivity contribution in [3.63, 3.8) is 0 Å². The number of aliphatic imine (C=N–C) groups is 1. The molecule has 0 radical (unpaired) electrons. The summed E-state index contributed by atoms with van der Waals surface area (Å²) < 4.78 is 2.44. The highest BCUT2D eigenvalue weighted by Gasteiger charge is 2.21. The van der Waals surface area contributed by atoms with Crippen molar-refractivity contribution >= 4 is 34.4 Å². The minimum atomic E-state index is -0.413. The summed E-state index contributed by atoms with van der Waals surface area (Å²) in [5.74, 6) is 0.314. The Morgan fingerprint density at radius 3 is 2.76 bits per heavy atom. The van der Waals surface area contributed by atoms with E-state index < -0.39 is 5.69 Å². The maximum atomic E-state index is 12.6. The number of rotatable bonds is 7. The molecular weight excluding hydrogens is 450 g/mol. The summed E-state index contributed by atoms with van der Waals surface area (Å²) in [6, 6.07) is 8.35. The summed E-state index contributed by atoms with van der Waals surface area (Å²) in [4.78, 5) is 47.3. The molecule has 2 aromatic heterocycles. The summed E-state index contributed by atoms with van der Waals surface area (Å²) >= 11 is 1.53. The summed E-state index contributed by atoms with van der Waals surface area (Å²) in [7, 11) is 3.05. The van der Waals surface area contributed by atoms with Gasteiger partial charge in [-0.3, -0.25) is 18.7 Å². The van der Waals surface area contributed by atoms with Crippen molar-refractivity contribution in [1.29, 1.82) is 0 Å². The molecule has 1 amide bonds. The van der Waals surface area contributed by atoms with E-state index in [0.717, 1.165) is 34.4 Å². The zero-order chi connectivity index (χ0) is 24.4. The molecule has 0 fully saturated rings. The second-order valence-corrected chi connectivity index (χ2v) is 9.64. The van der Waals surface area contributed by atoms with E-state index in [9.17, 15) is 14.4 Å². The van der Waals surface area contributed by atoms with Crippen molar-refractivity contribution in [2.24, 2.45) is 25.0 Å². The Balaban J connectivity index is 1.40.